The Kier molecular flexibility index (Phi) is 6.20. The third kappa shape index (κ3) is 3.75. The van der Waals surface area contributed by atoms with Gasteiger partial charge >= 0.3 is 0 Å². The Balaban J connectivity index is 1.93. The number of rotatable bonds is 5. The SMILES string of the molecule is CC[C@@]1(C2CC/C(=C(/C)C(C)(C)C(C)C(C)N)C3CC3C(C)CC2C)CC1C. The average Bonchev–Trinajstić information content (AvgIpc) is 3.53. The molecule has 1 heteroatoms. The molecule has 0 amide bonds. The van der Waals surface area contributed by atoms with Crippen LogP contribution in [0.4, 0.5) is 0 Å². The van der Waals surface area contributed by atoms with Crippen LogP contribution in [0, 0.1) is 52.3 Å². The molecule has 162 valence electrons. The number of hydrogen-bond acceptors (Lipinski definition) is 1. The third-order valence-corrected chi connectivity index (χ3v) is 10.5. The van der Waals surface area contributed by atoms with Crippen LogP contribution in [-0.4, -0.2) is 6.04 Å². The molecule has 3 saturated carbocycles. The third-order valence-electron chi connectivity index (χ3n) is 10.5. The summed E-state index contributed by atoms with van der Waals surface area (Å²) >= 11 is 0. The largest absolute Gasteiger partial charge is 0.328 e. The van der Waals surface area contributed by atoms with Gasteiger partial charge in [-0.15, -0.1) is 0 Å². The zero-order valence-corrected chi connectivity index (χ0v) is 20.4. The maximum absolute atomic E-state index is 6.35. The van der Waals surface area contributed by atoms with Gasteiger partial charge in [0.2, 0.25) is 0 Å². The van der Waals surface area contributed by atoms with E-state index in [1.54, 1.807) is 5.57 Å². The first-order valence-electron chi connectivity index (χ1n) is 12.4. The summed E-state index contributed by atoms with van der Waals surface area (Å²) in [5, 5.41) is 0. The highest BCUT2D eigenvalue weighted by Gasteiger charge is 2.57. The molecule has 1 nitrogen and oxygen atoms in total. The summed E-state index contributed by atoms with van der Waals surface area (Å²) in [6.45, 7) is 22.0. The molecule has 0 aromatic heterocycles. The highest BCUT2D eigenvalue weighted by atomic mass is 14.7. The second kappa shape index (κ2) is 7.75. The first kappa shape index (κ1) is 22.4. The highest BCUT2D eigenvalue weighted by Crippen LogP contribution is 2.65. The predicted molar refractivity (Wildman–Crippen MR) is 123 cm³/mol. The number of allylic oxidation sites excluding steroid dienone is 2. The zero-order chi connectivity index (χ0) is 21.0. The summed E-state index contributed by atoms with van der Waals surface area (Å²) in [5.74, 6) is 5.97. The molecule has 0 aromatic rings. The van der Waals surface area contributed by atoms with Crippen molar-refractivity contribution in [3.8, 4) is 0 Å². The van der Waals surface area contributed by atoms with E-state index in [1.807, 2.05) is 5.57 Å². The monoisotopic (exact) mass is 387 g/mol. The van der Waals surface area contributed by atoms with Gasteiger partial charge in [0.05, 0.1) is 0 Å². The summed E-state index contributed by atoms with van der Waals surface area (Å²) < 4.78 is 0. The quantitative estimate of drug-likeness (QED) is 0.487. The molecule has 0 spiro atoms. The van der Waals surface area contributed by atoms with E-state index in [-0.39, 0.29) is 11.5 Å². The fraction of sp³-hybridized carbons (Fsp3) is 0.926. The van der Waals surface area contributed by atoms with E-state index in [1.165, 1.54) is 38.5 Å². The predicted octanol–water partition coefficient (Wildman–Crippen LogP) is 7.46. The van der Waals surface area contributed by atoms with Crippen molar-refractivity contribution in [2.45, 2.75) is 107 Å². The molecule has 3 aliphatic carbocycles. The molecule has 28 heavy (non-hydrogen) atoms. The molecule has 3 aliphatic rings. The number of fused-ring (bicyclic) bond motifs is 1. The van der Waals surface area contributed by atoms with Gasteiger partial charge < -0.3 is 5.73 Å². The van der Waals surface area contributed by atoms with Crippen LogP contribution in [0.1, 0.15) is 101 Å². The number of nitrogens with two attached hydrogens (primary N) is 1. The molecule has 0 bridgehead atoms. The average molecular weight is 388 g/mol. The van der Waals surface area contributed by atoms with Crippen LogP contribution in [0.5, 0.6) is 0 Å². The van der Waals surface area contributed by atoms with Gasteiger partial charge in [-0.3, -0.25) is 0 Å². The fourth-order valence-electron chi connectivity index (χ4n) is 7.47. The molecule has 2 N–H and O–H groups in total. The molecule has 9 atom stereocenters. The first-order chi connectivity index (χ1) is 13.0. The molecule has 0 aliphatic heterocycles. The lowest BCUT2D eigenvalue weighted by Crippen LogP contribution is -2.37. The molecule has 0 heterocycles. The summed E-state index contributed by atoms with van der Waals surface area (Å²) in [4.78, 5) is 0. The van der Waals surface area contributed by atoms with E-state index in [4.69, 9.17) is 5.73 Å². The Morgan fingerprint density at radius 1 is 1.14 bits per heavy atom. The van der Waals surface area contributed by atoms with Crippen molar-refractivity contribution >= 4 is 0 Å². The van der Waals surface area contributed by atoms with Gasteiger partial charge in [0.1, 0.15) is 0 Å². The van der Waals surface area contributed by atoms with Gasteiger partial charge in [-0.1, -0.05) is 59.6 Å². The van der Waals surface area contributed by atoms with Gasteiger partial charge in [-0.2, -0.15) is 0 Å². The van der Waals surface area contributed by atoms with Gasteiger partial charge in [-0.25, -0.2) is 0 Å². The van der Waals surface area contributed by atoms with Crippen molar-refractivity contribution in [3.05, 3.63) is 11.1 Å². The van der Waals surface area contributed by atoms with Crippen molar-refractivity contribution in [2.75, 3.05) is 0 Å². The van der Waals surface area contributed by atoms with Crippen molar-refractivity contribution in [2.24, 2.45) is 58.0 Å². The second-order valence-corrected chi connectivity index (χ2v) is 12.1. The van der Waals surface area contributed by atoms with Crippen molar-refractivity contribution in [1.82, 2.24) is 0 Å². The van der Waals surface area contributed by atoms with E-state index in [0.717, 1.165) is 35.5 Å². The first-order valence-corrected chi connectivity index (χ1v) is 12.4. The van der Waals surface area contributed by atoms with E-state index < -0.39 is 0 Å². The normalized spacial score (nSPS) is 45.2. The van der Waals surface area contributed by atoms with Crippen molar-refractivity contribution in [3.63, 3.8) is 0 Å². The maximum atomic E-state index is 6.35. The van der Waals surface area contributed by atoms with Crippen molar-refractivity contribution in [1.29, 1.82) is 0 Å². The Bertz CT molecular complexity index is 595. The lowest BCUT2D eigenvalue weighted by molar-refractivity contribution is 0.159. The topological polar surface area (TPSA) is 26.0 Å². The standard InChI is InChI=1S/C27H49N/c1-10-27(15-18(27)4)25-12-11-22(20(6)26(8,9)19(5)21(7)28)24-14-23(24)16(2)13-17(25)3/h16-19,21,23-25H,10-15,28H2,1-9H3/b22-20+/t16?,17?,18?,19?,21?,23?,24?,25?,27-/m1/s1. The smallest absolute Gasteiger partial charge is 0.00443 e. The zero-order valence-electron chi connectivity index (χ0n) is 20.4. The van der Waals surface area contributed by atoms with Crippen LogP contribution >= 0.6 is 0 Å². The second-order valence-electron chi connectivity index (χ2n) is 12.1. The summed E-state index contributed by atoms with van der Waals surface area (Å²) in [6.07, 6.45) is 8.53. The Hall–Kier alpha value is -0.300. The van der Waals surface area contributed by atoms with Crippen LogP contribution in [0.2, 0.25) is 0 Å². The minimum atomic E-state index is 0.199. The van der Waals surface area contributed by atoms with E-state index in [2.05, 4.69) is 62.3 Å². The molecule has 3 fully saturated rings. The van der Waals surface area contributed by atoms with Gasteiger partial charge in [0.15, 0.2) is 0 Å². The molecular weight excluding hydrogens is 338 g/mol. The van der Waals surface area contributed by atoms with Crippen LogP contribution in [-0.2, 0) is 0 Å². The van der Waals surface area contributed by atoms with Crippen LogP contribution in [0.15, 0.2) is 11.1 Å². The van der Waals surface area contributed by atoms with Gasteiger partial charge in [-0.05, 0) is 105 Å². The molecule has 3 rings (SSSR count). The van der Waals surface area contributed by atoms with Crippen molar-refractivity contribution < 1.29 is 0 Å². The Morgan fingerprint density at radius 2 is 1.75 bits per heavy atom. The summed E-state index contributed by atoms with van der Waals surface area (Å²) in [5.41, 5.74) is 10.7. The lowest BCUT2D eigenvalue weighted by Gasteiger charge is -2.38. The number of hydrogen-bond donors (Lipinski definition) is 1. The van der Waals surface area contributed by atoms with Crippen LogP contribution in [0.3, 0.4) is 0 Å². The maximum Gasteiger partial charge on any atom is 0.00443 e. The van der Waals surface area contributed by atoms with Gasteiger partial charge in [0, 0.05) is 6.04 Å². The Morgan fingerprint density at radius 3 is 2.25 bits per heavy atom. The van der Waals surface area contributed by atoms with E-state index in [0.29, 0.717) is 11.3 Å². The molecular formula is C27H49N. The Labute approximate surface area is 176 Å². The van der Waals surface area contributed by atoms with Crippen LogP contribution in [0.25, 0.3) is 0 Å². The molecule has 0 radical (unpaired) electrons. The molecule has 8 unspecified atom stereocenters. The van der Waals surface area contributed by atoms with Crippen LogP contribution < -0.4 is 5.73 Å². The molecule has 0 aromatic carbocycles. The summed E-state index contributed by atoms with van der Waals surface area (Å²) in [7, 11) is 0. The van der Waals surface area contributed by atoms with E-state index in [9.17, 15) is 0 Å². The van der Waals surface area contributed by atoms with E-state index >= 15 is 0 Å². The fourth-order valence-corrected chi connectivity index (χ4v) is 7.47. The molecule has 0 saturated heterocycles. The highest BCUT2D eigenvalue weighted by molar-refractivity contribution is 5.28. The summed E-state index contributed by atoms with van der Waals surface area (Å²) in [6, 6.07) is 0.249. The minimum Gasteiger partial charge on any atom is -0.328 e. The van der Waals surface area contributed by atoms with Gasteiger partial charge in [0.25, 0.3) is 0 Å². The minimum absolute atomic E-state index is 0.199. The lowest BCUT2D eigenvalue weighted by atomic mass is 9.68.